The smallest absolute Gasteiger partial charge is 0.269 e. The van der Waals surface area contributed by atoms with E-state index in [1.165, 1.54) is 18.2 Å². The highest BCUT2D eigenvalue weighted by atomic mass is 79.9. The van der Waals surface area contributed by atoms with Crippen LogP contribution in [-0.4, -0.2) is 4.92 Å². The number of benzene rings is 2. The molecule has 20 heavy (non-hydrogen) atoms. The average Bonchev–Trinajstić information content (AvgIpc) is 2.43. The van der Waals surface area contributed by atoms with E-state index in [4.69, 9.17) is 0 Å². The van der Waals surface area contributed by atoms with Crippen LogP contribution in [0.3, 0.4) is 0 Å². The lowest BCUT2D eigenvalue weighted by molar-refractivity contribution is -0.384. The summed E-state index contributed by atoms with van der Waals surface area (Å²) in [5.74, 6) is -0.342. The molecule has 1 N–H and O–H groups in total. The van der Waals surface area contributed by atoms with Crippen LogP contribution < -0.4 is 5.32 Å². The van der Waals surface area contributed by atoms with Crippen molar-refractivity contribution in [1.82, 2.24) is 0 Å². The molecule has 2 aromatic rings. The van der Waals surface area contributed by atoms with E-state index in [1.54, 1.807) is 24.3 Å². The first-order valence-corrected chi connectivity index (χ1v) is 6.72. The molecule has 1 unspecified atom stereocenters. The van der Waals surface area contributed by atoms with E-state index in [9.17, 15) is 14.5 Å². The van der Waals surface area contributed by atoms with Crippen molar-refractivity contribution in [2.45, 2.75) is 13.0 Å². The van der Waals surface area contributed by atoms with E-state index in [1.807, 2.05) is 6.92 Å². The summed E-state index contributed by atoms with van der Waals surface area (Å²) in [6, 6.07) is 11.0. The Balaban J connectivity index is 2.12. The maximum atomic E-state index is 13.4. The molecular formula is C14H12BrFN2O2. The molecule has 2 aromatic carbocycles. The van der Waals surface area contributed by atoms with Gasteiger partial charge in [0.2, 0.25) is 0 Å². The third-order valence-electron chi connectivity index (χ3n) is 2.91. The van der Waals surface area contributed by atoms with Gasteiger partial charge >= 0.3 is 0 Å². The van der Waals surface area contributed by atoms with E-state index in [0.717, 1.165) is 5.56 Å². The van der Waals surface area contributed by atoms with Gasteiger partial charge < -0.3 is 5.32 Å². The van der Waals surface area contributed by atoms with Crippen molar-refractivity contribution in [3.63, 3.8) is 0 Å². The van der Waals surface area contributed by atoms with E-state index < -0.39 is 4.92 Å². The first kappa shape index (κ1) is 14.5. The molecule has 0 heterocycles. The summed E-state index contributed by atoms with van der Waals surface area (Å²) in [7, 11) is 0. The zero-order valence-corrected chi connectivity index (χ0v) is 12.2. The van der Waals surface area contributed by atoms with E-state index in [-0.39, 0.29) is 17.5 Å². The molecule has 6 heteroatoms. The standard InChI is InChI=1S/C14H12BrFN2O2/c1-9(10-2-5-12(6-3-10)18(19)20)17-11-4-7-13(15)14(16)8-11/h2-9,17H,1H3. The van der Waals surface area contributed by atoms with Crippen LogP contribution in [0.25, 0.3) is 0 Å². The van der Waals surface area contributed by atoms with Crippen molar-refractivity contribution >= 4 is 27.3 Å². The summed E-state index contributed by atoms with van der Waals surface area (Å²) < 4.78 is 13.8. The summed E-state index contributed by atoms with van der Waals surface area (Å²) in [5.41, 5.74) is 1.59. The van der Waals surface area contributed by atoms with Crippen LogP contribution in [0, 0.1) is 15.9 Å². The fourth-order valence-electron chi connectivity index (χ4n) is 1.80. The second-order valence-corrected chi connectivity index (χ2v) is 5.20. The van der Waals surface area contributed by atoms with Gasteiger partial charge in [-0.2, -0.15) is 0 Å². The van der Waals surface area contributed by atoms with Gasteiger partial charge in [0.15, 0.2) is 0 Å². The lowest BCUT2D eigenvalue weighted by Crippen LogP contribution is -2.06. The Morgan fingerprint density at radius 2 is 1.90 bits per heavy atom. The summed E-state index contributed by atoms with van der Waals surface area (Å²) >= 11 is 3.10. The first-order chi connectivity index (χ1) is 9.47. The van der Waals surface area contributed by atoms with Crippen LogP contribution in [0.5, 0.6) is 0 Å². The minimum atomic E-state index is -0.439. The Kier molecular flexibility index (Phi) is 4.34. The third-order valence-corrected chi connectivity index (χ3v) is 3.55. The second kappa shape index (κ2) is 6.00. The van der Waals surface area contributed by atoms with Crippen molar-refractivity contribution in [3.8, 4) is 0 Å². The normalized spacial score (nSPS) is 11.9. The van der Waals surface area contributed by atoms with Crippen LogP contribution in [0.15, 0.2) is 46.9 Å². The number of nitrogens with zero attached hydrogens (tertiary/aromatic N) is 1. The molecule has 0 amide bonds. The minimum Gasteiger partial charge on any atom is -0.378 e. The van der Waals surface area contributed by atoms with Gasteiger partial charge in [-0.15, -0.1) is 0 Å². The molecule has 0 aromatic heterocycles. The summed E-state index contributed by atoms with van der Waals surface area (Å²) in [5, 5.41) is 13.7. The van der Waals surface area contributed by atoms with Gasteiger partial charge in [-0.05, 0) is 46.6 Å². The van der Waals surface area contributed by atoms with Crippen LogP contribution in [0.1, 0.15) is 18.5 Å². The molecule has 0 saturated carbocycles. The van der Waals surface area contributed by atoms with Crippen LogP contribution >= 0.6 is 15.9 Å². The molecule has 0 fully saturated rings. The topological polar surface area (TPSA) is 55.2 Å². The minimum absolute atomic E-state index is 0.0515. The molecule has 1 atom stereocenters. The molecule has 0 radical (unpaired) electrons. The van der Waals surface area contributed by atoms with Crippen molar-refractivity contribution < 1.29 is 9.31 Å². The fourth-order valence-corrected chi connectivity index (χ4v) is 2.05. The Bertz CT molecular complexity index is 632. The highest BCUT2D eigenvalue weighted by Crippen LogP contribution is 2.24. The predicted molar refractivity (Wildman–Crippen MR) is 79.2 cm³/mol. The average molecular weight is 339 g/mol. The third kappa shape index (κ3) is 3.33. The maximum absolute atomic E-state index is 13.4. The lowest BCUT2D eigenvalue weighted by Gasteiger charge is -2.15. The lowest BCUT2D eigenvalue weighted by atomic mass is 10.1. The number of nitro benzene ring substituents is 1. The molecule has 0 spiro atoms. The number of nitro groups is 1. The molecule has 2 rings (SSSR count). The molecular weight excluding hydrogens is 327 g/mol. The van der Waals surface area contributed by atoms with Crippen LogP contribution in [0.2, 0.25) is 0 Å². The Labute approximate surface area is 123 Å². The Hall–Kier alpha value is -1.95. The number of anilines is 1. The summed E-state index contributed by atoms with van der Waals surface area (Å²) in [4.78, 5) is 10.1. The fraction of sp³-hybridized carbons (Fsp3) is 0.143. The highest BCUT2D eigenvalue weighted by molar-refractivity contribution is 9.10. The van der Waals surface area contributed by atoms with Crippen molar-refractivity contribution in [2.24, 2.45) is 0 Å². The van der Waals surface area contributed by atoms with E-state index >= 15 is 0 Å². The number of non-ortho nitro benzene ring substituents is 1. The van der Waals surface area contributed by atoms with Gasteiger partial charge in [0, 0.05) is 23.9 Å². The summed E-state index contributed by atoms with van der Waals surface area (Å²) in [6.45, 7) is 1.90. The van der Waals surface area contributed by atoms with Crippen molar-refractivity contribution in [1.29, 1.82) is 0 Å². The van der Waals surface area contributed by atoms with Crippen LogP contribution in [-0.2, 0) is 0 Å². The van der Waals surface area contributed by atoms with Gasteiger partial charge in [-0.3, -0.25) is 10.1 Å². The van der Waals surface area contributed by atoms with Crippen molar-refractivity contribution in [3.05, 3.63) is 68.4 Å². The van der Waals surface area contributed by atoms with E-state index in [0.29, 0.717) is 10.2 Å². The molecule has 0 aliphatic heterocycles. The number of hydrogen-bond acceptors (Lipinski definition) is 3. The van der Waals surface area contributed by atoms with Gasteiger partial charge in [0.05, 0.1) is 9.40 Å². The molecule has 0 saturated heterocycles. The van der Waals surface area contributed by atoms with Crippen molar-refractivity contribution in [2.75, 3.05) is 5.32 Å². The quantitative estimate of drug-likeness (QED) is 0.651. The SMILES string of the molecule is CC(Nc1ccc(Br)c(F)c1)c1ccc([N+](=O)[O-])cc1. The Morgan fingerprint density at radius 1 is 1.25 bits per heavy atom. The molecule has 0 aliphatic carbocycles. The predicted octanol–water partition coefficient (Wildman–Crippen LogP) is 4.67. The first-order valence-electron chi connectivity index (χ1n) is 5.93. The number of hydrogen-bond donors (Lipinski definition) is 1. The van der Waals surface area contributed by atoms with Gasteiger partial charge in [0.25, 0.3) is 5.69 Å². The van der Waals surface area contributed by atoms with Crippen LogP contribution in [0.4, 0.5) is 15.8 Å². The number of rotatable bonds is 4. The van der Waals surface area contributed by atoms with Gasteiger partial charge in [0.1, 0.15) is 5.82 Å². The summed E-state index contributed by atoms with van der Waals surface area (Å²) in [6.07, 6.45) is 0. The largest absolute Gasteiger partial charge is 0.378 e. The zero-order chi connectivity index (χ0) is 14.7. The molecule has 104 valence electrons. The van der Waals surface area contributed by atoms with Gasteiger partial charge in [-0.25, -0.2) is 4.39 Å². The zero-order valence-electron chi connectivity index (χ0n) is 10.6. The molecule has 0 bridgehead atoms. The highest BCUT2D eigenvalue weighted by Gasteiger charge is 2.09. The maximum Gasteiger partial charge on any atom is 0.269 e. The monoisotopic (exact) mass is 338 g/mol. The Morgan fingerprint density at radius 3 is 2.45 bits per heavy atom. The molecule has 0 aliphatic rings. The van der Waals surface area contributed by atoms with E-state index in [2.05, 4.69) is 21.2 Å². The number of nitrogens with one attached hydrogen (secondary N) is 1. The number of halogens is 2. The molecule has 4 nitrogen and oxygen atoms in total. The second-order valence-electron chi connectivity index (χ2n) is 4.34. The van der Waals surface area contributed by atoms with Gasteiger partial charge in [-0.1, -0.05) is 12.1 Å².